The van der Waals surface area contributed by atoms with E-state index in [1.165, 1.54) is 6.08 Å². The van der Waals surface area contributed by atoms with Crippen molar-refractivity contribution in [2.45, 2.75) is 54.4 Å². The highest BCUT2D eigenvalue weighted by molar-refractivity contribution is 5.87. The summed E-state index contributed by atoms with van der Waals surface area (Å²) in [5, 5.41) is 0. The maximum atomic E-state index is 11.9. The van der Waals surface area contributed by atoms with Crippen LogP contribution in [-0.4, -0.2) is 48.4 Å². The molecule has 0 atom stereocenters. The lowest BCUT2D eigenvalue weighted by molar-refractivity contribution is -0.125. The van der Waals surface area contributed by atoms with Crippen LogP contribution in [0.25, 0.3) is 0 Å². The molecule has 132 valence electrons. The van der Waals surface area contributed by atoms with Crippen molar-refractivity contribution in [3.05, 3.63) is 12.7 Å². The first-order valence-electron chi connectivity index (χ1n) is 8.67. The molecule has 4 heteroatoms. The van der Waals surface area contributed by atoms with Crippen LogP contribution < -0.4 is 0 Å². The molecule has 0 bridgehead atoms. The molecule has 0 saturated carbocycles. The Bertz CT molecular complexity index is 392. The van der Waals surface area contributed by atoms with Gasteiger partial charge in [-0.15, -0.1) is 0 Å². The molecule has 4 nitrogen and oxygen atoms in total. The number of aliphatic imine (C=N–C) groups is 2. The quantitative estimate of drug-likeness (QED) is 0.419. The third kappa shape index (κ3) is 11.7. The van der Waals surface area contributed by atoms with Gasteiger partial charge in [0.15, 0.2) is 0 Å². The number of carbonyl (C=O) groups excluding carboxylic acids is 1. The summed E-state index contributed by atoms with van der Waals surface area (Å²) >= 11 is 0. The van der Waals surface area contributed by atoms with Crippen LogP contribution in [0, 0.1) is 11.8 Å². The molecule has 0 spiro atoms. The molecule has 0 aliphatic carbocycles. The Kier molecular flexibility index (Phi) is 11.3. The van der Waals surface area contributed by atoms with Gasteiger partial charge in [0.2, 0.25) is 5.91 Å². The van der Waals surface area contributed by atoms with E-state index in [0.29, 0.717) is 38.0 Å². The van der Waals surface area contributed by atoms with E-state index in [1.54, 1.807) is 4.90 Å². The first-order chi connectivity index (χ1) is 10.8. The Morgan fingerprint density at radius 1 is 0.957 bits per heavy atom. The van der Waals surface area contributed by atoms with Crippen LogP contribution >= 0.6 is 0 Å². The third-order valence-electron chi connectivity index (χ3n) is 3.40. The molecular formula is C19H35N3O. The summed E-state index contributed by atoms with van der Waals surface area (Å²) in [4.78, 5) is 22.8. The Labute approximate surface area is 142 Å². The second kappa shape index (κ2) is 12.0. The minimum absolute atomic E-state index is 0.0431. The SMILES string of the molecule is C=CC(=O)N(CCN=C(C)CC(C)C)CCN=C(C)CC(C)C. The fraction of sp³-hybridized carbons (Fsp3) is 0.737. The van der Waals surface area contributed by atoms with Crippen LogP contribution in [0.4, 0.5) is 0 Å². The van der Waals surface area contributed by atoms with E-state index in [-0.39, 0.29) is 5.91 Å². The maximum absolute atomic E-state index is 11.9. The summed E-state index contributed by atoms with van der Waals surface area (Å²) in [6.45, 7) is 19.0. The zero-order valence-electron chi connectivity index (χ0n) is 15.9. The number of hydrogen-bond acceptors (Lipinski definition) is 3. The van der Waals surface area contributed by atoms with Gasteiger partial charge in [-0.05, 0) is 44.6 Å². The summed E-state index contributed by atoms with van der Waals surface area (Å²) in [6.07, 6.45) is 3.39. The van der Waals surface area contributed by atoms with Crippen molar-refractivity contribution in [2.75, 3.05) is 26.2 Å². The lowest BCUT2D eigenvalue weighted by atomic mass is 10.1. The van der Waals surface area contributed by atoms with Gasteiger partial charge < -0.3 is 4.90 Å². The molecule has 0 rings (SSSR count). The van der Waals surface area contributed by atoms with Crippen LogP contribution in [0.15, 0.2) is 22.6 Å². The Morgan fingerprint density at radius 2 is 1.35 bits per heavy atom. The van der Waals surface area contributed by atoms with Gasteiger partial charge in [-0.1, -0.05) is 34.3 Å². The van der Waals surface area contributed by atoms with Crippen molar-refractivity contribution < 1.29 is 4.79 Å². The van der Waals surface area contributed by atoms with Gasteiger partial charge in [0.1, 0.15) is 0 Å². The number of amides is 1. The van der Waals surface area contributed by atoms with Gasteiger partial charge in [-0.25, -0.2) is 0 Å². The predicted octanol–water partition coefficient (Wildman–Crippen LogP) is 4.02. The average molecular weight is 322 g/mol. The van der Waals surface area contributed by atoms with Gasteiger partial charge >= 0.3 is 0 Å². The molecule has 0 unspecified atom stereocenters. The Hall–Kier alpha value is -1.45. The smallest absolute Gasteiger partial charge is 0.246 e. The van der Waals surface area contributed by atoms with E-state index >= 15 is 0 Å². The van der Waals surface area contributed by atoms with Crippen molar-refractivity contribution in [1.29, 1.82) is 0 Å². The van der Waals surface area contributed by atoms with E-state index in [9.17, 15) is 4.79 Å². The summed E-state index contributed by atoms with van der Waals surface area (Å²) in [5.41, 5.74) is 2.30. The average Bonchev–Trinajstić information content (AvgIpc) is 2.43. The number of rotatable bonds is 11. The molecule has 0 fully saturated rings. The van der Waals surface area contributed by atoms with Gasteiger partial charge in [0.05, 0.1) is 13.1 Å². The first-order valence-corrected chi connectivity index (χ1v) is 8.67. The molecule has 0 N–H and O–H groups in total. The highest BCUT2D eigenvalue weighted by Crippen LogP contribution is 2.03. The monoisotopic (exact) mass is 321 g/mol. The summed E-state index contributed by atoms with van der Waals surface area (Å²) < 4.78 is 0. The summed E-state index contributed by atoms with van der Waals surface area (Å²) in [5.74, 6) is 1.18. The van der Waals surface area contributed by atoms with E-state index in [2.05, 4.69) is 58.1 Å². The zero-order valence-corrected chi connectivity index (χ0v) is 15.9. The number of hydrogen-bond donors (Lipinski definition) is 0. The van der Waals surface area contributed by atoms with Crippen molar-refractivity contribution in [2.24, 2.45) is 21.8 Å². The van der Waals surface area contributed by atoms with Crippen molar-refractivity contribution >= 4 is 17.3 Å². The van der Waals surface area contributed by atoms with E-state index < -0.39 is 0 Å². The highest BCUT2D eigenvalue weighted by atomic mass is 16.2. The third-order valence-corrected chi connectivity index (χ3v) is 3.40. The normalized spacial score (nSPS) is 12.9. The van der Waals surface area contributed by atoms with Gasteiger partial charge in [0.25, 0.3) is 0 Å². The summed E-state index contributed by atoms with van der Waals surface area (Å²) in [7, 11) is 0. The number of nitrogens with zero attached hydrogens (tertiary/aromatic N) is 3. The van der Waals surface area contributed by atoms with Crippen molar-refractivity contribution in [1.82, 2.24) is 4.90 Å². The minimum atomic E-state index is -0.0431. The number of carbonyl (C=O) groups is 1. The lowest BCUT2D eigenvalue weighted by Crippen LogP contribution is -2.34. The molecule has 0 aromatic rings. The Balaban J connectivity index is 4.43. The van der Waals surface area contributed by atoms with E-state index in [4.69, 9.17) is 0 Å². The van der Waals surface area contributed by atoms with Gasteiger partial charge in [-0.2, -0.15) is 0 Å². The van der Waals surface area contributed by atoms with Crippen LogP contribution in [0.1, 0.15) is 54.4 Å². The van der Waals surface area contributed by atoms with Crippen molar-refractivity contribution in [3.63, 3.8) is 0 Å². The van der Waals surface area contributed by atoms with Gasteiger partial charge in [-0.3, -0.25) is 14.8 Å². The largest absolute Gasteiger partial charge is 0.335 e. The molecule has 0 saturated heterocycles. The zero-order chi connectivity index (χ0) is 17.8. The lowest BCUT2D eigenvalue weighted by Gasteiger charge is -2.19. The molecular weight excluding hydrogens is 286 g/mol. The van der Waals surface area contributed by atoms with E-state index in [1.807, 2.05) is 0 Å². The van der Waals surface area contributed by atoms with Crippen LogP contribution in [0.3, 0.4) is 0 Å². The van der Waals surface area contributed by atoms with Crippen LogP contribution in [-0.2, 0) is 4.79 Å². The van der Waals surface area contributed by atoms with E-state index in [0.717, 1.165) is 24.3 Å². The van der Waals surface area contributed by atoms with Crippen LogP contribution in [0.5, 0.6) is 0 Å². The fourth-order valence-electron chi connectivity index (χ4n) is 2.50. The second-order valence-electron chi connectivity index (χ2n) is 6.96. The maximum Gasteiger partial charge on any atom is 0.246 e. The second-order valence-corrected chi connectivity index (χ2v) is 6.96. The fourth-order valence-corrected chi connectivity index (χ4v) is 2.50. The molecule has 0 aliphatic rings. The molecule has 1 amide bonds. The predicted molar refractivity (Wildman–Crippen MR) is 102 cm³/mol. The van der Waals surface area contributed by atoms with Crippen LogP contribution in [0.2, 0.25) is 0 Å². The summed E-state index contributed by atoms with van der Waals surface area (Å²) in [6, 6.07) is 0. The molecule has 23 heavy (non-hydrogen) atoms. The molecule has 0 aliphatic heterocycles. The first kappa shape index (κ1) is 21.6. The Morgan fingerprint density at radius 3 is 1.65 bits per heavy atom. The molecule has 0 aromatic carbocycles. The van der Waals surface area contributed by atoms with Crippen molar-refractivity contribution in [3.8, 4) is 0 Å². The molecule has 0 heterocycles. The van der Waals surface area contributed by atoms with Gasteiger partial charge in [0, 0.05) is 24.5 Å². The topological polar surface area (TPSA) is 45.0 Å². The minimum Gasteiger partial charge on any atom is -0.335 e. The molecule has 0 aromatic heterocycles. The highest BCUT2D eigenvalue weighted by Gasteiger charge is 2.09. The molecule has 0 radical (unpaired) electrons. The standard InChI is InChI=1S/C19H35N3O/c1-8-19(23)22(11-9-20-17(6)13-15(2)3)12-10-21-18(7)14-16(4)5/h8,15-16H,1,9-14H2,2-7H3.